The first kappa shape index (κ1) is 24.4. The number of rotatable bonds is 7. The molecule has 1 amide bonds. The van der Waals surface area contributed by atoms with E-state index < -0.39 is 28.5 Å². The van der Waals surface area contributed by atoms with Crippen molar-refractivity contribution in [2.24, 2.45) is 5.92 Å². The highest BCUT2D eigenvalue weighted by Crippen LogP contribution is 2.39. The minimum atomic E-state index is -3.82. The molecule has 1 unspecified atom stereocenters. The Labute approximate surface area is 207 Å². The fourth-order valence-corrected chi connectivity index (χ4v) is 6.26. The number of anilines is 2. The fourth-order valence-electron chi connectivity index (χ4n) is 3.82. The van der Waals surface area contributed by atoms with Crippen molar-refractivity contribution in [3.05, 3.63) is 76.2 Å². The van der Waals surface area contributed by atoms with Crippen LogP contribution in [-0.2, 0) is 32.4 Å². The largest absolute Gasteiger partial charge is 0.452 e. The molecule has 0 aliphatic heterocycles. The van der Waals surface area contributed by atoms with Gasteiger partial charge in [-0.2, -0.15) is 5.26 Å². The van der Waals surface area contributed by atoms with Crippen LogP contribution >= 0.6 is 11.3 Å². The molecule has 4 rings (SSSR count). The number of amides is 1. The first-order chi connectivity index (χ1) is 16.8. The van der Waals surface area contributed by atoms with E-state index in [4.69, 9.17) is 4.74 Å². The summed E-state index contributed by atoms with van der Waals surface area (Å²) < 4.78 is 32.6. The van der Waals surface area contributed by atoms with Crippen LogP contribution in [0.4, 0.5) is 10.7 Å². The topological polar surface area (TPSA) is 125 Å². The Morgan fingerprint density at radius 3 is 2.54 bits per heavy atom. The van der Waals surface area contributed by atoms with Crippen molar-refractivity contribution in [2.75, 3.05) is 16.6 Å². The van der Waals surface area contributed by atoms with Crippen LogP contribution in [0, 0.1) is 17.2 Å². The molecule has 0 saturated carbocycles. The van der Waals surface area contributed by atoms with Crippen molar-refractivity contribution in [3.63, 3.8) is 0 Å². The smallest absolute Gasteiger partial charge is 0.338 e. The summed E-state index contributed by atoms with van der Waals surface area (Å²) in [5.74, 6) is -0.777. The van der Waals surface area contributed by atoms with Crippen LogP contribution < -0.4 is 10.0 Å². The number of benzene rings is 2. The molecule has 35 heavy (non-hydrogen) atoms. The number of para-hydroxylation sites is 1. The summed E-state index contributed by atoms with van der Waals surface area (Å²) in [4.78, 5) is 25.8. The number of nitriles is 1. The Morgan fingerprint density at radius 1 is 1.14 bits per heavy atom. The molecule has 8 nitrogen and oxygen atoms in total. The number of nitrogens with one attached hydrogen (secondary N) is 2. The summed E-state index contributed by atoms with van der Waals surface area (Å²) in [5.41, 5.74) is 2.01. The Morgan fingerprint density at radius 2 is 1.86 bits per heavy atom. The number of hydrogen-bond donors (Lipinski definition) is 2. The summed E-state index contributed by atoms with van der Waals surface area (Å²) in [6.07, 6.45) is 2.70. The van der Waals surface area contributed by atoms with Gasteiger partial charge in [0, 0.05) is 10.6 Å². The Hall–Kier alpha value is -3.68. The lowest BCUT2D eigenvalue weighted by Gasteiger charge is -2.17. The van der Waals surface area contributed by atoms with Gasteiger partial charge in [0.15, 0.2) is 6.61 Å². The quantitative estimate of drug-likeness (QED) is 0.457. The van der Waals surface area contributed by atoms with Crippen LogP contribution in [0.15, 0.2) is 59.5 Å². The highest BCUT2D eigenvalue weighted by Gasteiger charge is 2.25. The van der Waals surface area contributed by atoms with Gasteiger partial charge in [-0.05, 0) is 67.1 Å². The van der Waals surface area contributed by atoms with Crippen LogP contribution in [0.25, 0.3) is 0 Å². The summed E-state index contributed by atoms with van der Waals surface area (Å²) in [7, 11) is -3.82. The zero-order chi connectivity index (χ0) is 25.0. The van der Waals surface area contributed by atoms with E-state index in [0.29, 0.717) is 22.2 Å². The fraction of sp³-hybridized carbons (Fsp3) is 0.240. The van der Waals surface area contributed by atoms with E-state index in [1.807, 2.05) is 0 Å². The predicted octanol–water partition coefficient (Wildman–Crippen LogP) is 4.34. The monoisotopic (exact) mass is 509 g/mol. The minimum absolute atomic E-state index is 0.0179. The zero-order valence-corrected chi connectivity index (χ0v) is 20.5. The lowest BCUT2D eigenvalue weighted by molar-refractivity contribution is -0.119. The van der Waals surface area contributed by atoms with Gasteiger partial charge in [0.25, 0.3) is 15.9 Å². The summed E-state index contributed by atoms with van der Waals surface area (Å²) in [6, 6.07) is 15.8. The molecule has 10 heteroatoms. The second kappa shape index (κ2) is 10.3. The minimum Gasteiger partial charge on any atom is -0.452 e. The number of carbonyl (C=O) groups excluding carboxylic acids is 2. The van der Waals surface area contributed by atoms with Crippen LogP contribution in [0.2, 0.25) is 0 Å². The van der Waals surface area contributed by atoms with Gasteiger partial charge in [-0.25, -0.2) is 13.2 Å². The van der Waals surface area contributed by atoms with Gasteiger partial charge in [-0.1, -0.05) is 25.1 Å². The van der Waals surface area contributed by atoms with Crippen molar-refractivity contribution >= 4 is 43.9 Å². The van der Waals surface area contributed by atoms with Crippen molar-refractivity contribution in [1.82, 2.24) is 0 Å². The molecular weight excluding hydrogens is 486 g/mol. The number of thiophene rings is 1. The molecule has 1 aromatic heterocycles. The second-order valence-electron chi connectivity index (χ2n) is 8.29. The maximum atomic E-state index is 12.5. The average molecular weight is 510 g/mol. The third kappa shape index (κ3) is 5.70. The molecule has 0 radical (unpaired) electrons. The third-order valence-corrected chi connectivity index (χ3v) is 8.20. The second-order valence-corrected chi connectivity index (χ2v) is 11.1. The Balaban J connectivity index is 1.35. The molecule has 1 aliphatic carbocycles. The van der Waals surface area contributed by atoms with E-state index in [-0.39, 0.29) is 10.5 Å². The van der Waals surface area contributed by atoms with E-state index in [0.717, 1.165) is 29.7 Å². The lowest BCUT2D eigenvalue weighted by Crippen LogP contribution is -2.21. The molecular formula is C25H23N3O5S2. The molecule has 0 spiro atoms. The van der Waals surface area contributed by atoms with E-state index in [1.165, 1.54) is 35.6 Å². The van der Waals surface area contributed by atoms with E-state index >= 15 is 0 Å². The molecule has 0 saturated heterocycles. The number of fused-ring (bicyclic) bond motifs is 1. The standard InChI is InChI=1S/C25H23N3O5S2/c1-16-7-12-20-21(14-26)24(34-22(20)13-16)27-23(29)15-33-25(30)17-8-10-19(11-9-17)35(31,32)28-18-5-3-2-4-6-18/h2-6,8-11,16,28H,7,12-13,15H2,1H3,(H,27,29). The van der Waals surface area contributed by atoms with Gasteiger partial charge in [0.05, 0.1) is 16.0 Å². The molecule has 1 aliphatic rings. The molecule has 0 bridgehead atoms. The van der Waals surface area contributed by atoms with Crippen LogP contribution in [0.3, 0.4) is 0 Å². The molecule has 1 heterocycles. The number of carbonyl (C=O) groups is 2. The highest BCUT2D eigenvalue weighted by molar-refractivity contribution is 7.92. The molecule has 0 fully saturated rings. The maximum absolute atomic E-state index is 12.5. The molecule has 2 N–H and O–H groups in total. The van der Waals surface area contributed by atoms with Gasteiger partial charge in [0.1, 0.15) is 11.1 Å². The van der Waals surface area contributed by atoms with Crippen molar-refractivity contribution in [3.8, 4) is 6.07 Å². The lowest BCUT2D eigenvalue weighted by atomic mass is 9.89. The Bertz CT molecular complexity index is 1390. The van der Waals surface area contributed by atoms with Crippen molar-refractivity contribution in [2.45, 2.75) is 31.1 Å². The number of nitrogens with zero attached hydrogens (tertiary/aromatic N) is 1. The van der Waals surface area contributed by atoms with Crippen LogP contribution in [-0.4, -0.2) is 26.9 Å². The van der Waals surface area contributed by atoms with Crippen molar-refractivity contribution in [1.29, 1.82) is 5.26 Å². The molecule has 2 aromatic carbocycles. The van der Waals surface area contributed by atoms with Crippen molar-refractivity contribution < 1.29 is 22.7 Å². The summed E-state index contributed by atoms with van der Waals surface area (Å²) in [6.45, 7) is 1.63. The maximum Gasteiger partial charge on any atom is 0.338 e. The van der Waals surface area contributed by atoms with Crippen LogP contribution in [0.1, 0.15) is 39.7 Å². The van der Waals surface area contributed by atoms with E-state index in [1.54, 1.807) is 30.3 Å². The van der Waals surface area contributed by atoms with Crippen LogP contribution in [0.5, 0.6) is 0 Å². The third-order valence-electron chi connectivity index (χ3n) is 5.64. The molecule has 180 valence electrons. The average Bonchev–Trinajstić information content (AvgIpc) is 3.18. The first-order valence-electron chi connectivity index (χ1n) is 11.0. The highest BCUT2D eigenvalue weighted by atomic mass is 32.2. The number of hydrogen-bond acceptors (Lipinski definition) is 7. The normalized spacial score (nSPS) is 14.9. The van der Waals surface area contributed by atoms with Gasteiger partial charge >= 0.3 is 5.97 Å². The van der Waals surface area contributed by atoms with Gasteiger partial charge in [-0.3, -0.25) is 9.52 Å². The van der Waals surface area contributed by atoms with Gasteiger partial charge in [-0.15, -0.1) is 11.3 Å². The first-order valence-corrected chi connectivity index (χ1v) is 13.3. The SMILES string of the molecule is CC1CCc2c(sc(NC(=O)COC(=O)c3ccc(S(=O)(=O)Nc4ccccc4)cc3)c2C#N)C1. The number of sulfonamides is 1. The summed E-state index contributed by atoms with van der Waals surface area (Å²) in [5, 5.41) is 12.7. The van der Waals surface area contributed by atoms with Gasteiger partial charge < -0.3 is 10.1 Å². The number of esters is 1. The molecule has 3 aromatic rings. The predicted molar refractivity (Wildman–Crippen MR) is 133 cm³/mol. The van der Waals surface area contributed by atoms with E-state index in [2.05, 4.69) is 23.0 Å². The van der Waals surface area contributed by atoms with E-state index in [9.17, 15) is 23.3 Å². The number of ether oxygens (including phenoxy) is 1. The van der Waals surface area contributed by atoms with Gasteiger partial charge in [0.2, 0.25) is 0 Å². The zero-order valence-electron chi connectivity index (χ0n) is 18.9. The molecule has 1 atom stereocenters. The Kier molecular flexibility index (Phi) is 7.19. The summed E-state index contributed by atoms with van der Waals surface area (Å²) >= 11 is 1.40.